The van der Waals surface area contributed by atoms with Gasteiger partial charge in [0.05, 0.1) is 18.6 Å². The van der Waals surface area contributed by atoms with Gasteiger partial charge in [0, 0.05) is 58.9 Å². The maximum Gasteiger partial charge on any atom is 0.227 e. The molecule has 4 aromatic carbocycles. The number of aryl methyl sites for hydroxylation is 2. The molecule has 2 unspecified atom stereocenters. The average molecular weight is 748 g/mol. The van der Waals surface area contributed by atoms with Crippen LogP contribution in [0.25, 0.3) is 0 Å². The summed E-state index contributed by atoms with van der Waals surface area (Å²) in [5.74, 6) is 1.40. The number of anilines is 2. The Labute approximate surface area is 332 Å². The van der Waals surface area contributed by atoms with Gasteiger partial charge < -0.3 is 26.3 Å². The van der Waals surface area contributed by atoms with E-state index in [0.29, 0.717) is 0 Å². The number of carbonyl (C=O) groups excluding carboxylic acids is 1. The molecule has 2 aromatic heterocycles. The van der Waals surface area contributed by atoms with Gasteiger partial charge in [0.15, 0.2) is 0 Å². The molecule has 1 saturated carbocycles. The van der Waals surface area contributed by atoms with Crippen molar-refractivity contribution in [3.63, 3.8) is 0 Å². The molecular weight excluding hydrogens is 691 g/mol. The van der Waals surface area contributed by atoms with Crippen LogP contribution < -0.4 is 16.4 Å². The quantitative estimate of drug-likeness (QED) is 0.0902. The maximum atomic E-state index is 12.6. The molecule has 0 aliphatic heterocycles. The predicted octanol–water partition coefficient (Wildman–Crippen LogP) is 10.6. The molecule has 0 saturated heterocycles. The van der Waals surface area contributed by atoms with Crippen molar-refractivity contribution in [1.29, 1.82) is 0 Å². The number of nitrogens with one attached hydrogen (secondary N) is 4. The molecule has 6 aromatic rings. The Morgan fingerprint density at radius 2 is 1.39 bits per heavy atom. The van der Waals surface area contributed by atoms with Crippen LogP contribution in [0.5, 0.6) is 0 Å². The third-order valence-electron chi connectivity index (χ3n) is 11.4. The van der Waals surface area contributed by atoms with Crippen molar-refractivity contribution in [2.24, 2.45) is 17.6 Å². The number of benzene rings is 4. The summed E-state index contributed by atoms with van der Waals surface area (Å²) < 4.78 is 0. The summed E-state index contributed by atoms with van der Waals surface area (Å²) in [5.41, 5.74) is 20.8. The molecule has 0 radical (unpaired) electrons. The third kappa shape index (κ3) is 10.0. The number of aromatic nitrogens is 4. The standard InChI is InChI=1S/C27H33N3O.C21H24N4/c1-18-7-11-22(12-8-18)27(31)30-23-13-9-21(10-14-23)15-25(26-16-28-17-29-26)24-6-4-5-19(2)20(24)3;1-14-6-4-9-19(16(14)3)21(20-12-23-13-25-20)17-7-5-8-18(10-17)24-11-15(2)22/h4-6,9-10,13-14,16-18,22,25H,7-8,11-12,15H2,1-3H3,(H,28,29)(H,30,31);4-13,21,24H,22H2,1-3H3,(H,23,25)/b;15-11-. The van der Waals surface area contributed by atoms with Crippen molar-refractivity contribution in [2.45, 2.75) is 85.5 Å². The Morgan fingerprint density at radius 3 is 2.02 bits per heavy atom. The number of hydrogen-bond donors (Lipinski definition) is 5. The van der Waals surface area contributed by atoms with E-state index in [1.165, 1.54) is 44.5 Å². The van der Waals surface area contributed by atoms with E-state index in [1.54, 1.807) is 12.7 Å². The molecule has 8 nitrogen and oxygen atoms in total. The first-order valence-electron chi connectivity index (χ1n) is 19.8. The normalized spacial score (nSPS) is 16.6. The van der Waals surface area contributed by atoms with Gasteiger partial charge in [0.25, 0.3) is 0 Å². The van der Waals surface area contributed by atoms with E-state index in [-0.39, 0.29) is 23.7 Å². The molecule has 2 heterocycles. The van der Waals surface area contributed by atoms with Crippen molar-refractivity contribution >= 4 is 17.3 Å². The number of amides is 1. The minimum Gasteiger partial charge on any atom is -0.401 e. The topological polar surface area (TPSA) is 125 Å². The molecule has 6 N–H and O–H groups in total. The van der Waals surface area contributed by atoms with E-state index in [2.05, 4.69) is 132 Å². The van der Waals surface area contributed by atoms with Gasteiger partial charge in [-0.2, -0.15) is 0 Å². The van der Waals surface area contributed by atoms with Crippen molar-refractivity contribution in [1.82, 2.24) is 19.9 Å². The van der Waals surface area contributed by atoms with Crippen molar-refractivity contribution in [3.05, 3.63) is 178 Å². The lowest BCUT2D eigenvalue weighted by atomic mass is 9.82. The summed E-state index contributed by atoms with van der Waals surface area (Å²) in [6, 6.07) is 29.7. The van der Waals surface area contributed by atoms with E-state index in [4.69, 9.17) is 5.73 Å². The Morgan fingerprint density at radius 1 is 0.786 bits per heavy atom. The van der Waals surface area contributed by atoms with Crippen LogP contribution in [0.3, 0.4) is 0 Å². The third-order valence-corrected chi connectivity index (χ3v) is 11.4. The van der Waals surface area contributed by atoms with E-state index in [9.17, 15) is 4.79 Å². The van der Waals surface area contributed by atoms with Gasteiger partial charge in [-0.15, -0.1) is 0 Å². The zero-order valence-corrected chi connectivity index (χ0v) is 33.7. The van der Waals surface area contributed by atoms with Crippen LogP contribution in [0.15, 0.2) is 122 Å². The van der Waals surface area contributed by atoms with Gasteiger partial charge in [-0.1, -0.05) is 67.6 Å². The highest BCUT2D eigenvalue weighted by molar-refractivity contribution is 5.92. The Bertz CT molecular complexity index is 2190. The van der Waals surface area contributed by atoms with E-state index >= 15 is 0 Å². The second kappa shape index (κ2) is 18.6. The maximum absolute atomic E-state index is 12.6. The molecule has 290 valence electrons. The smallest absolute Gasteiger partial charge is 0.227 e. The minimum atomic E-state index is 0.104. The highest BCUT2D eigenvalue weighted by atomic mass is 16.1. The van der Waals surface area contributed by atoms with Crippen LogP contribution in [0.4, 0.5) is 11.4 Å². The van der Waals surface area contributed by atoms with Gasteiger partial charge in [0.2, 0.25) is 5.91 Å². The predicted molar refractivity (Wildman–Crippen MR) is 230 cm³/mol. The van der Waals surface area contributed by atoms with Gasteiger partial charge in [-0.05, 0) is 141 Å². The summed E-state index contributed by atoms with van der Waals surface area (Å²) in [6.45, 7) is 12.8. The molecule has 0 bridgehead atoms. The van der Waals surface area contributed by atoms with Crippen LogP contribution >= 0.6 is 0 Å². The highest BCUT2D eigenvalue weighted by Crippen LogP contribution is 2.35. The number of imidazole rings is 2. The number of nitrogens with two attached hydrogens (primary N) is 1. The van der Waals surface area contributed by atoms with Crippen LogP contribution in [0, 0.1) is 39.5 Å². The van der Waals surface area contributed by atoms with Crippen LogP contribution in [-0.2, 0) is 11.2 Å². The summed E-state index contributed by atoms with van der Waals surface area (Å²) >= 11 is 0. The van der Waals surface area contributed by atoms with Crippen LogP contribution in [0.2, 0.25) is 0 Å². The van der Waals surface area contributed by atoms with Gasteiger partial charge >= 0.3 is 0 Å². The van der Waals surface area contributed by atoms with E-state index in [1.807, 2.05) is 43.7 Å². The van der Waals surface area contributed by atoms with Gasteiger partial charge in [0.1, 0.15) is 0 Å². The number of carbonyl (C=O) groups is 1. The Hall–Kier alpha value is -5.89. The number of allylic oxidation sites excluding steroid dienone is 1. The minimum absolute atomic E-state index is 0.104. The van der Waals surface area contributed by atoms with Crippen molar-refractivity contribution in [2.75, 3.05) is 10.6 Å². The Kier molecular flexibility index (Phi) is 13.2. The second-order valence-electron chi connectivity index (χ2n) is 15.6. The zero-order chi connectivity index (χ0) is 39.6. The van der Waals surface area contributed by atoms with Crippen molar-refractivity contribution in [3.8, 4) is 0 Å². The summed E-state index contributed by atoms with van der Waals surface area (Å²) in [6.07, 6.45) is 14.3. The number of nitrogens with zero attached hydrogens (tertiary/aromatic N) is 2. The van der Waals surface area contributed by atoms with Crippen LogP contribution in [0.1, 0.15) is 107 Å². The Balaban J connectivity index is 0.000000194. The lowest BCUT2D eigenvalue weighted by Crippen LogP contribution is -2.26. The SMILES string of the molecule is C/C(N)=C/Nc1cccc(C(c2cnc[nH]2)c2cccc(C)c2C)c1.Cc1cccc(C(Cc2ccc(NC(=O)C3CCC(C)CC3)cc2)c2cnc[nH]2)c1C. The zero-order valence-electron chi connectivity index (χ0n) is 33.7. The molecule has 2 atom stereocenters. The fourth-order valence-electron chi connectivity index (χ4n) is 7.77. The number of rotatable bonds is 11. The molecular formula is C48H57N7O. The van der Waals surface area contributed by atoms with E-state index < -0.39 is 0 Å². The largest absolute Gasteiger partial charge is 0.401 e. The lowest BCUT2D eigenvalue weighted by Gasteiger charge is -2.25. The van der Waals surface area contributed by atoms with E-state index in [0.717, 1.165) is 66.5 Å². The fourth-order valence-corrected chi connectivity index (χ4v) is 7.77. The average Bonchev–Trinajstić information content (AvgIpc) is 3.94. The molecule has 8 heteroatoms. The first-order chi connectivity index (χ1) is 27.1. The molecule has 0 spiro atoms. The van der Waals surface area contributed by atoms with Gasteiger partial charge in [-0.25, -0.2) is 9.97 Å². The monoisotopic (exact) mass is 747 g/mol. The first kappa shape index (κ1) is 39.8. The molecule has 56 heavy (non-hydrogen) atoms. The van der Waals surface area contributed by atoms with Gasteiger partial charge in [-0.3, -0.25) is 4.79 Å². The van der Waals surface area contributed by atoms with Crippen LogP contribution in [-0.4, -0.2) is 25.8 Å². The number of aromatic amines is 2. The first-order valence-corrected chi connectivity index (χ1v) is 19.8. The molecule has 1 amide bonds. The molecule has 1 fully saturated rings. The summed E-state index contributed by atoms with van der Waals surface area (Å²) in [5, 5.41) is 6.38. The summed E-state index contributed by atoms with van der Waals surface area (Å²) in [4.78, 5) is 27.7. The summed E-state index contributed by atoms with van der Waals surface area (Å²) in [7, 11) is 0. The second-order valence-corrected chi connectivity index (χ2v) is 15.6. The number of H-pyrrole nitrogens is 2. The fraction of sp³-hybridized carbons (Fsp3) is 0.312. The van der Waals surface area contributed by atoms with Crippen molar-refractivity contribution < 1.29 is 4.79 Å². The lowest BCUT2D eigenvalue weighted by molar-refractivity contribution is -0.121. The molecule has 1 aliphatic carbocycles. The molecule has 7 rings (SSSR count). The number of hydrogen-bond acceptors (Lipinski definition) is 5. The molecule has 1 aliphatic rings. The highest BCUT2D eigenvalue weighted by Gasteiger charge is 2.25.